The van der Waals surface area contributed by atoms with Crippen LogP contribution in [0.15, 0.2) is 24.3 Å². The molecule has 1 aliphatic rings. The maximum atomic E-state index is 12.1. The zero-order valence-corrected chi connectivity index (χ0v) is 15.1. The summed E-state index contributed by atoms with van der Waals surface area (Å²) < 4.78 is 10.9. The third-order valence-electron chi connectivity index (χ3n) is 4.69. The van der Waals surface area contributed by atoms with Crippen LogP contribution < -0.4 is 15.4 Å². The fourth-order valence-corrected chi connectivity index (χ4v) is 3.07. The maximum absolute atomic E-state index is 12.1. The van der Waals surface area contributed by atoms with Crippen molar-refractivity contribution in [3.8, 4) is 5.75 Å². The summed E-state index contributed by atoms with van der Waals surface area (Å²) in [5, 5.41) is 6.36. The largest absolute Gasteiger partial charge is 0.484 e. The molecular weight excluding hydrogens is 304 g/mol. The Morgan fingerprint density at radius 1 is 1.25 bits per heavy atom. The summed E-state index contributed by atoms with van der Waals surface area (Å²) in [6, 6.07) is 7.92. The normalized spacial score (nSPS) is 16.8. The molecule has 24 heavy (non-hydrogen) atoms. The van der Waals surface area contributed by atoms with Crippen molar-refractivity contribution in [3.63, 3.8) is 0 Å². The van der Waals surface area contributed by atoms with Crippen LogP contribution in [0.3, 0.4) is 0 Å². The van der Waals surface area contributed by atoms with Gasteiger partial charge < -0.3 is 20.1 Å². The average molecular weight is 334 g/mol. The standard InChI is InChI=1S/C19H30N2O3/c1-15(2)16-4-6-17(7-5-16)24-12-18(22)21-13-19(14-23-3)8-10-20-11-9-19/h4-7,15,20H,8-14H2,1-3H3,(H,21,22). The molecule has 1 fully saturated rings. The molecule has 2 rings (SSSR count). The second-order valence-corrected chi connectivity index (χ2v) is 6.97. The molecule has 0 spiro atoms. The van der Waals surface area contributed by atoms with Crippen molar-refractivity contribution in [2.75, 3.05) is 40.0 Å². The highest BCUT2D eigenvalue weighted by atomic mass is 16.5. The van der Waals surface area contributed by atoms with Crippen LogP contribution in [0.25, 0.3) is 0 Å². The van der Waals surface area contributed by atoms with E-state index in [2.05, 4.69) is 24.5 Å². The van der Waals surface area contributed by atoms with Crippen molar-refractivity contribution in [3.05, 3.63) is 29.8 Å². The van der Waals surface area contributed by atoms with E-state index < -0.39 is 0 Å². The molecule has 134 valence electrons. The van der Waals surface area contributed by atoms with Crippen molar-refractivity contribution in [1.82, 2.24) is 10.6 Å². The average Bonchev–Trinajstić information content (AvgIpc) is 2.60. The molecule has 1 aliphatic heterocycles. The Morgan fingerprint density at radius 3 is 2.50 bits per heavy atom. The highest BCUT2D eigenvalue weighted by molar-refractivity contribution is 5.77. The van der Waals surface area contributed by atoms with Crippen LogP contribution in [-0.2, 0) is 9.53 Å². The fraction of sp³-hybridized carbons (Fsp3) is 0.632. The predicted octanol–water partition coefficient (Wildman–Crippen LogP) is 2.32. The zero-order valence-electron chi connectivity index (χ0n) is 15.1. The molecule has 0 bridgehead atoms. The van der Waals surface area contributed by atoms with Crippen molar-refractivity contribution in [2.24, 2.45) is 5.41 Å². The van der Waals surface area contributed by atoms with Gasteiger partial charge in [0, 0.05) is 19.1 Å². The molecule has 5 nitrogen and oxygen atoms in total. The fourth-order valence-electron chi connectivity index (χ4n) is 3.07. The molecule has 1 aromatic rings. The highest BCUT2D eigenvalue weighted by Gasteiger charge is 2.32. The van der Waals surface area contributed by atoms with Crippen LogP contribution in [0.2, 0.25) is 0 Å². The molecule has 0 radical (unpaired) electrons. The van der Waals surface area contributed by atoms with E-state index >= 15 is 0 Å². The summed E-state index contributed by atoms with van der Waals surface area (Å²) in [4.78, 5) is 12.1. The number of rotatable bonds is 8. The first-order chi connectivity index (χ1) is 11.5. The molecule has 0 atom stereocenters. The van der Waals surface area contributed by atoms with Crippen molar-refractivity contribution < 1.29 is 14.3 Å². The van der Waals surface area contributed by atoms with Crippen LogP contribution in [0, 0.1) is 5.41 Å². The molecule has 1 saturated heterocycles. The molecule has 2 N–H and O–H groups in total. The number of ether oxygens (including phenoxy) is 2. The number of nitrogens with one attached hydrogen (secondary N) is 2. The van der Waals surface area contributed by atoms with E-state index in [4.69, 9.17) is 9.47 Å². The Morgan fingerprint density at radius 2 is 1.92 bits per heavy atom. The lowest BCUT2D eigenvalue weighted by atomic mass is 9.79. The van der Waals surface area contributed by atoms with Gasteiger partial charge in [-0.25, -0.2) is 0 Å². The zero-order chi connectivity index (χ0) is 17.4. The SMILES string of the molecule is COCC1(CNC(=O)COc2ccc(C(C)C)cc2)CCNCC1. The van der Waals surface area contributed by atoms with Gasteiger partial charge in [-0.3, -0.25) is 4.79 Å². The van der Waals surface area contributed by atoms with E-state index in [9.17, 15) is 4.79 Å². The monoisotopic (exact) mass is 334 g/mol. The molecular formula is C19H30N2O3. The van der Waals surface area contributed by atoms with E-state index in [0.717, 1.165) is 31.7 Å². The first-order valence-electron chi connectivity index (χ1n) is 8.74. The summed E-state index contributed by atoms with van der Waals surface area (Å²) in [5.41, 5.74) is 1.30. The first-order valence-corrected chi connectivity index (χ1v) is 8.74. The Hall–Kier alpha value is -1.59. The lowest BCUT2D eigenvalue weighted by Crippen LogP contribution is -2.47. The topological polar surface area (TPSA) is 59.6 Å². The minimum atomic E-state index is -0.0862. The van der Waals surface area contributed by atoms with E-state index in [1.54, 1.807) is 7.11 Å². The third-order valence-corrected chi connectivity index (χ3v) is 4.69. The lowest BCUT2D eigenvalue weighted by Gasteiger charge is -2.37. The number of piperidine rings is 1. The first kappa shape index (κ1) is 18.7. The minimum Gasteiger partial charge on any atom is -0.484 e. The molecule has 5 heteroatoms. The molecule has 1 heterocycles. The van der Waals surface area contributed by atoms with Crippen molar-refractivity contribution in [1.29, 1.82) is 0 Å². The van der Waals surface area contributed by atoms with Crippen molar-refractivity contribution in [2.45, 2.75) is 32.6 Å². The van der Waals surface area contributed by atoms with Gasteiger partial charge in [0.05, 0.1) is 6.61 Å². The summed E-state index contributed by atoms with van der Waals surface area (Å²) in [6.45, 7) is 7.60. The van der Waals surface area contributed by atoms with Gasteiger partial charge in [-0.05, 0) is 49.5 Å². The number of methoxy groups -OCH3 is 1. The predicted molar refractivity (Wildman–Crippen MR) is 95.4 cm³/mol. The number of carbonyl (C=O) groups excluding carboxylic acids is 1. The van der Waals surface area contributed by atoms with E-state index in [0.29, 0.717) is 19.1 Å². The number of benzene rings is 1. The minimum absolute atomic E-state index is 0.0363. The maximum Gasteiger partial charge on any atom is 0.257 e. The van der Waals surface area contributed by atoms with Gasteiger partial charge in [0.15, 0.2) is 6.61 Å². The number of amides is 1. The number of hydrogen-bond donors (Lipinski definition) is 2. The van der Waals surface area contributed by atoms with Crippen LogP contribution in [-0.4, -0.2) is 45.9 Å². The van der Waals surface area contributed by atoms with Gasteiger partial charge >= 0.3 is 0 Å². The highest BCUT2D eigenvalue weighted by Crippen LogP contribution is 2.28. The molecule has 1 amide bonds. The number of hydrogen-bond acceptors (Lipinski definition) is 4. The van der Waals surface area contributed by atoms with E-state index in [1.165, 1.54) is 5.56 Å². The molecule has 0 unspecified atom stereocenters. The van der Waals surface area contributed by atoms with Crippen LogP contribution in [0.5, 0.6) is 5.75 Å². The van der Waals surface area contributed by atoms with Gasteiger partial charge in [-0.15, -0.1) is 0 Å². The lowest BCUT2D eigenvalue weighted by molar-refractivity contribution is -0.124. The summed E-state index contributed by atoms with van der Waals surface area (Å²) in [5.74, 6) is 1.13. The van der Waals surface area contributed by atoms with E-state index in [1.807, 2.05) is 24.3 Å². The second-order valence-electron chi connectivity index (χ2n) is 6.97. The molecule has 0 saturated carbocycles. The van der Waals surface area contributed by atoms with Crippen LogP contribution in [0.1, 0.15) is 38.2 Å². The van der Waals surface area contributed by atoms with Gasteiger partial charge in [0.2, 0.25) is 0 Å². The van der Waals surface area contributed by atoms with Gasteiger partial charge in [-0.2, -0.15) is 0 Å². The summed E-state index contributed by atoms with van der Waals surface area (Å²) in [6.07, 6.45) is 2.03. The van der Waals surface area contributed by atoms with E-state index in [-0.39, 0.29) is 17.9 Å². The summed E-state index contributed by atoms with van der Waals surface area (Å²) in [7, 11) is 1.72. The molecule has 0 aromatic heterocycles. The van der Waals surface area contributed by atoms with Crippen molar-refractivity contribution >= 4 is 5.91 Å². The van der Waals surface area contributed by atoms with Crippen LogP contribution >= 0.6 is 0 Å². The Labute approximate surface area is 145 Å². The Balaban J connectivity index is 1.78. The smallest absolute Gasteiger partial charge is 0.257 e. The van der Waals surface area contributed by atoms with Gasteiger partial charge in [-0.1, -0.05) is 26.0 Å². The quantitative estimate of drug-likeness (QED) is 0.766. The Bertz CT molecular complexity index is 502. The molecule has 0 aliphatic carbocycles. The summed E-state index contributed by atoms with van der Waals surface area (Å²) >= 11 is 0. The van der Waals surface area contributed by atoms with Gasteiger partial charge in [0.1, 0.15) is 5.75 Å². The second kappa shape index (κ2) is 9.04. The Kier molecular flexibility index (Phi) is 7.06. The third kappa shape index (κ3) is 5.49. The number of carbonyl (C=O) groups is 1. The van der Waals surface area contributed by atoms with Crippen LogP contribution in [0.4, 0.5) is 0 Å². The van der Waals surface area contributed by atoms with Gasteiger partial charge in [0.25, 0.3) is 5.91 Å². The molecule has 1 aromatic carbocycles.